The first-order chi connectivity index (χ1) is 10.6. The van der Waals surface area contributed by atoms with Gasteiger partial charge in [0.25, 0.3) is 0 Å². The third-order valence-electron chi connectivity index (χ3n) is 2.56. The number of nitrogens with zero attached hydrogens (tertiary/aromatic N) is 3. The number of carboxylic acids is 1. The van der Waals surface area contributed by atoms with Crippen LogP contribution in [0.25, 0.3) is 0 Å². The van der Waals surface area contributed by atoms with Crippen molar-refractivity contribution in [2.75, 3.05) is 6.54 Å². The standard InChI is InChI=1S/C14H11BrN4O3/c15-9-4-5-11(18-19-17-8-13(20)21)10(7-9)14(22)12-3-1-2-6-16-12/h1-7H,8H2,(H,17,18)(H,20,21). The zero-order valence-corrected chi connectivity index (χ0v) is 12.8. The highest BCUT2D eigenvalue weighted by Crippen LogP contribution is 2.25. The highest BCUT2D eigenvalue weighted by Gasteiger charge is 2.15. The number of rotatable bonds is 6. The van der Waals surface area contributed by atoms with Crippen LogP contribution in [0.1, 0.15) is 16.1 Å². The van der Waals surface area contributed by atoms with Gasteiger partial charge in [-0.05, 0) is 30.3 Å². The summed E-state index contributed by atoms with van der Waals surface area (Å²) in [6.45, 7) is -0.358. The Morgan fingerprint density at radius 3 is 2.77 bits per heavy atom. The zero-order valence-electron chi connectivity index (χ0n) is 11.2. The number of hydrogen-bond donors (Lipinski definition) is 2. The molecule has 0 atom stereocenters. The second-order valence-electron chi connectivity index (χ2n) is 4.13. The number of aromatic nitrogens is 1. The molecule has 0 aliphatic carbocycles. The van der Waals surface area contributed by atoms with Gasteiger partial charge in [-0.15, -0.1) is 5.11 Å². The predicted molar refractivity (Wildman–Crippen MR) is 82.0 cm³/mol. The third-order valence-corrected chi connectivity index (χ3v) is 3.05. The Morgan fingerprint density at radius 1 is 1.27 bits per heavy atom. The molecule has 0 unspecified atom stereocenters. The van der Waals surface area contributed by atoms with Gasteiger partial charge >= 0.3 is 5.97 Å². The van der Waals surface area contributed by atoms with Gasteiger partial charge in [-0.2, -0.15) is 0 Å². The quantitative estimate of drug-likeness (QED) is 0.467. The van der Waals surface area contributed by atoms with E-state index in [1.54, 1.807) is 36.4 Å². The van der Waals surface area contributed by atoms with Gasteiger partial charge in [0.05, 0.1) is 11.3 Å². The molecule has 2 N–H and O–H groups in total. The fraction of sp³-hybridized carbons (Fsp3) is 0.0714. The minimum Gasteiger partial charge on any atom is -0.480 e. The molecule has 2 rings (SSSR count). The molecule has 0 amide bonds. The topological polar surface area (TPSA) is 104 Å². The maximum atomic E-state index is 12.5. The normalized spacial score (nSPS) is 10.6. The summed E-state index contributed by atoms with van der Waals surface area (Å²) in [5.41, 5.74) is 3.19. The summed E-state index contributed by atoms with van der Waals surface area (Å²) < 4.78 is 0.712. The van der Waals surface area contributed by atoms with Crippen LogP contribution in [-0.2, 0) is 4.79 Å². The van der Waals surface area contributed by atoms with Crippen molar-refractivity contribution >= 4 is 33.4 Å². The molecule has 112 valence electrons. The first-order valence-corrected chi connectivity index (χ1v) is 6.98. The van der Waals surface area contributed by atoms with Crippen molar-refractivity contribution in [2.45, 2.75) is 0 Å². The van der Waals surface area contributed by atoms with E-state index in [2.05, 4.69) is 36.7 Å². The van der Waals surface area contributed by atoms with Crippen molar-refractivity contribution < 1.29 is 14.7 Å². The molecule has 8 heteroatoms. The number of benzene rings is 1. The van der Waals surface area contributed by atoms with Crippen LogP contribution in [0.15, 0.2) is 57.4 Å². The summed E-state index contributed by atoms with van der Waals surface area (Å²) in [6, 6.07) is 9.96. The Kier molecular flexibility index (Phi) is 5.31. The molecule has 0 saturated heterocycles. The van der Waals surface area contributed by atoms with Gasteiger partial charge < -0.3 is 5.11 Å². The molecule has 1 aromatic heterocycles. The van der Waals surface area contributed by atoms with Crippen LogP contribution >= 0.6 is 15.9 Å². The van der Waals surface area contributed by atoms with Crippen molar-refractivity contribution in [3.05, 3.63) is 58.3 Å². The van der Waals surface area contributed by atoms with Crippen LogP contribution in [0, 0.1) is 0 Å². The Morgan fingerprint density at radius 2 is 2.09 bits per heavy atom. The maximum absolute atomic E-state index is 12.5. The summed E-state index contributed by atoms with van der Waals surface area (Å²) >= 11 is 3.30. The lowest BCUT2D eigenvalue weighted by Gasteiger charge is -2.04. The maximum Gasteiger partial charge on any atom is 0.324 e. The molecular weight excluding hydrogens is 352 g/mol. The Bertz CT molecular complexity index is 719. The average molecular weight is 363 g/mol. The van der Waals surface area contributed by atoms with Gasteiger partial charge in [0, 0.05) is 10.7 Å². The molecule has 0 aliphatic heterocycles. The largest absolute Gasteiger partial charge is 0.480 e. The monoisotopic (exact) mass is 362 g/mol. The Labute approximate surface area is 134 Å². The minimum atomic E-state index is -1.06. The first kappa shape index (κ1) is 15.8. The number of carbonyl (C=O) groups is 2. The number of aliphatic carboxylic acids is 1. The summed E-state index contributed by atoms with van der Waals surface area (Å²) in [5.74, 6) is -1.35. The van der Waals surface area contributed by atoms with Crippen LogP contribution in [0.4, 0.5) is 5.69 Å². The summed E-state index contributed by atoms with van der Waals surface area (Å²) in [4.78, 5) is 26.9. The van der Waals surface area contributed by atoms with Crippen LogP contribution in [0.3, 0.4) is 0 Å². The molecule has 0 spiro atoms. The van der Waals surface area contributed by atoms with E-state index in [-0.39, 0.29) is 18.0 Å². The molecular formula is C14H11BrN4O3. The van der Waals surface area contributed by atoms with E-state index in [1.807, 2.05) is 0 Å². The van der Waals surface area contributed by atoms with E-state index >= 15 is 0 Å². The summed E-state index contributed by atoms with van der Waals surface area (Å²) in [5, 5.41) is 15.9. The van der Waals surface area contributed by atoms with Gasteiger partial charge in [-0.1, -0.05) is 27.2 Å². The second kappa shape index (κ2) is 7.41. The van der Waals surface area contributed by atoms with E-state index < -0.39 is 5.97 Å². The average Bonchev–Trinajstić information content (AvgIpc) is 2.52. The number of nitrogens with one attached hydrogen (secondary N) is 1. The molecule has 0 radical (unpaired) electrons. The van der Waals surface area contributed by atoms with Crippen molar-refractivity contribution in [1.29, 1.82) is 0 Å². The second-order valence-corrected chi connectivity index (χ2v) is 5.05. The van der Waals surface area contributed by atoms with Crippen LogP contribution < -0.4 is 5.43 Å². The minimum absolute atomic E-state index is 0.288. The van der Waals surface area contributed by atoms with Crippen molar-refractivity contribution in [2.24, 2.45) is 10.3 Å². The predicted octanol–water partition coefficient (Wildman–Crippen LogP) is 2.75. The zero-order chi connectivity index (χ0) is 15.9. The van der Waals surface area contributed by atoms with E-state index in [0.717, 1.165) is 0 Å². The lowest BCUT2D eigenvalue weighted by molar-refractivity contribution is -0.135. The Balaban J connectivity index is 2.28. The molecule has 1 aromatic carbocycles. The first-order valence-electron chi connectivity index (χ1n) is 6.18. The van der Waals surface area contributed by atoms with Gasteiger partial charge in [0.15, 0.2) is 0 Å². The van der Waals surface area contributed by atoms with Crippen molar-refractivity contribution in [3.8, 4) is 0 Å². The van der Waals surface area contributed by atoms with E-state index in [9.17, 15) is 9.59 Å². The lowest BCUT2D eigenvalue weighted by atomic mass is 10.1. The van der Waals surface area contributed by atoms with E-state index in [0.29, 0.717) is 15.7 Å². The van der Waals surface area contributed by atoms with Gasteiger partial charge in [0.2, 0.25) is 5.78 Å². The Hall–Kier alpha value is -2.61. The van der Waals surface area contributed by atoms with Crippen LogP contribution in [-0.4, -0.2) is 28.4 Å². The van der Waals surface area contributed by atoms with Crippen molar-refractivity contribution in [1.82, 2.24) is 10.4 Å². The van der Waals surface area contributed by atoms with E-state index in [4.69, 9.17) is 5.11 Å². The molecule has 0 bridgehead atoms. The number of carbonyl (C=O) groups excluding carboxylic acids is 1. The number of ketones is 1. The molecule has 0 saturated carbocycles. The van der Waals surface area contributed by atoms with Crippen LogP contribution in [0.5, 0.6) is 0 Å². The molecule has 1 heterocycles. The molecule has 2 aromatic rings. The number of pyridine rings is 1. The molecule has 22 heavy (non-hydrogen) atoms. The molecule has 7 nitrogen and oxygen atoms in total. The number of carboxylic acid groups (broad SMARTS) is 1. The molecule has 0 fully saturated rings. The van der Waals surface area contributed by atoms with E-state index in [1.165, 1.54) is 6.20 Å². The van der Waals surface area contributed by atoms with Gasteiger partial charge in [0.1, 0.15) is 12.2 Å². The molecule has 0 aliphatic rings. The summed E-state index contributed by atoms with van der Waals surface area (Å²) in [7, 11) is 0. The SMILES string of the molecule is O=C(O)CNN=Nc1ccc(Br)cc1C(=O)c1ccccn1. The highest BCUT2D eigenvalue weighted by molar-refractivity contribution is 9.10. The third kappa shape index (κ3) is 4.19. The summed E-state index contributed by atoms with van der Waals surface area (Å²) in [6.07, 6.45) is 1.53. The fourth-order valence-corrected chi connectivity index (χ4v) is 1.97. The number of hydrogen-bond acceptors (Lipinski definition) is 5. The van der Waals surface area contributed by atoms with Gasteiger partial charge in [-0.25, -0.2) is 0 Å². The fourth-order valence-electron chi connectivity index (χ4n) is 1.60. The van der Waals surface area contributed by atoms with Crippen molar-refractivity contribution in [3.63, 3.8) is 0 Å². The number of halogens is 1. The smallest absolute Gasteiger partial charge is 0.324 e. The van der Waals surface area contributed by atoms with Gasteiger partial charge in [-0.3, -0.25) is 20.0 Å². The lowest BCUT2D eigenvalue weighted by Crippen LogP contribution is -2.16. The van der Waals surface area contributed by atoms with Crippen LogP contribution in [0.2, 0.25) is 0 Å². The highest BCUT2D eigenvalue weighted by atomic mass is 79.9.